The number of fused-ring (bicyclic) bond motifs is 3. The zero-order valence-corrected chi connectivity index (χ0v) is 14.5. The van der Waals surface area contributed by atoms with Crippen LogP contribution in [0, 0.1) is 5.41 Å². The Morgan fingerprint density at radius 2 is 2.12 bits per heavy atom. The molecule has 3 aliphatic heterocycles. The highest BCUT2D eigenvalue weighted by Crippen LogP contribution is 2.74. The Morgan fingerprint density at radius 3 is 2.96 bits per heavy atom. The molecule has 5 fully saturated rings. The van der Waals surface area contributed by atoms with E-state index in [4.69, 9.17) is 4.74 Å². The molecule has 24 heavy (non-hydrogen) atoms. The van der Waals surface area contributed by atoms with Gasteiger partial charge in [-0.2, -0.15) is 0 Å². The van der Waals surface area contributed by atoms with Crippen LogP contribution in [0.5, 0.6) is 5.75 Å². The largest absolute Gasteiger partial charge is 0.495 e. The summed E-state index contributed by atoms with van der Waals surface area (Å²) < 4.78 is 5.73. The minimum atomic E-state index is 0.0580. The van der Waals surface area contributed by atoms with Gasteiger partial charge < -0.3 is 10.1 Å². The molecule has 6 aliphatic rings. The molecule has 4 atom stereocenters. The Bertz CT molecular complexity index is 773. The van der Waals surface area contributed by atoms with Gasteiger partial charge >= 0.3 is 0 Å². The zero-order valence-electron chi connectivity index (χ0n) is 14.5. The Labute approximate surface area is 144 Å². The summed E-state index contributed by atoms with van der Waals surface area (Å²) in [7, 11) is 1.80. The van der Waals surface area contributed by atoms with E-state index in [-0.39, 0.29) is 11.0 Å². The highest BCUT2D eigenvalue weighted by molar-refractivity contribution is 5.76. The molecule has 2 saturated heterocycles. The SMILES string of the molecule is C=C1CC23CCCN4CC[C@@]5(c6cccc(OC)c6NC15CC2)[C@@H]43. The number of piperidine rings is 1. The second-order valence-corrected chi connectivity index (χ2v) is 8.82. The predicted molar refractivity (Wildman–Crippen MR) is 95.7 cm³/mol. The molecule has 1 aromatic carbocycles. The normalized spacial score (nSPS) is 44.7. The molecule has 0 radical (unpaired) electrons. The molecule has 2 unspecified atom stereocenters. The monoisotopic (exact) mass is 322 g/mol. The van der Waals surface area contributed by atoms with E-state index in [1.165, 1.54) is 68.4 Å². The van der Waals surface area contributed by atoms with Gasteiger partial charge in [0.25, 0.3) is 0 Å². The van der Waals surface area contributed by atoms with Crippen LogP contribution in [0.1, 0.15) is 44.1 Å². The van der Waals surface area contributed by atoms with Crippen molar-refractivity contribution in [2.45, 2.75) is 55.5 Å². The molecule has 3 nitrogen and oxygen atoms in total. The van der Waals surface area contributed by atoms with Crippen LogP contribution in [0.15, 0.2) is 30.4 Å². The van der Waals surface area contributed by atoms with Crippen LogP contribution in [0.3, 0.4) is 0 Å². The molecule has 2 bridgehead atoms. The first-order valence-electron chi connectivity index (χ1n) is 9.55. The van der Waals surface area contributed by atoms with E-state index in [0.29, 0.717) is 11.5 Å². The summed E-state index contributed by atoms with van der Waals surface area (Å²) >= 11 is 0. The van der Waals surface area contributed by atoms with E-state index in [0.717, 1.165) is 5.75 Å². The summed E-state index contributed by atoms with van der Waals surface area (Å²) in [5.41, 5.74) is 4.98. The third-order valence-electron chi connectivity index (χ3n) is 8.32. The van der Waals surface area contributed by atoms with Gasteiger partial charge in [-0.1, -0.05) is 24.3 Å². The number of ether oxygens (including phenoxy) is 1. The minimum Gasteiger partial charge on any atom is -0.495 e. The number of hydrogen-bond donors (Lipinski definition) is 1. The summed E-state index contributed by atoms with van der Waals surface area (Å²) in [5.74, 6) is 1.00. The molecule has 0 aromatic heterocycles. The van der Waals surface area contributed by atoms with Crippen molar-refractivity contribution in [3.63, 3.8) is 0 Å². The zero-order chi connectivity index (χ0) is 16.2. The van der Waals surface area contributed by atoms with E-state index in [2.05, 4.69) is 35.0 Å². The maximum absolute atomic E-state index is 5.73. The molecule has 1 N–H and O–H groups in total. The van der Waals surface area contributed by atoms with E-state index in [1.807, 2.05) is 0 Å². The lowest BCUT2D eigenvalue weighted by Crippen LogP contribution is -2.73. The first-order chi connectivity index (χ1) is 11.7. The molecule has 0 amide bonds. The van der Waals surface area contributed by atoms with Crippen LogP contribution in [-0.4, -0.2) is 36.7 Å². The Hall–Kier alpha value is -1.48. The Morgan fingerprint density at radius 1 is 1.21 bits per heavy atom. The number of methoxy groups -OCH3 is 1. The van der Waals surface area contributed by atoms with Gasteiger partial charge in [-0.3, -0.25) is 4.90 Å². The molecule has 126 valence electrons. The van der Waals surface area contributed by atoms with Crippen molar-refractivity contribution in [1.29, 1.82) is 0 Å². The third kappa shape index (κ3) is 1.18. The third-order valence-corrected chi connectivity index (χ3v) is 8.32. The molecule has 1 aromatic rings. The van der Waals surface area contributed by atoms with Crippen molar-refractivity contribution in [2.24, 2.45) is 5.41 Å². The standard InChI is InChI=1S/C21H26N2O/c1-14-13-19-7-4-11-23-12-10-20(18(19)23)15-5-3-6-16(24-2)17(15)22-21(14,20)9-8-19/h3,5-6,18,22H,1,4,7-13H2,2H3/t18-,19?,20+,21?/m0/s1. The lowest BCUT2D eigenvalue weighted by Gasteiger charge is -2.67. The fourth-order valence-corrected chi connectivity index (χ4v) is 7.72. The Balaban J connectivity index is 1.68. The number of rotatable bonds is 1. The number of benzene rings is 1. The maximum atomic E-state index is 5.73. The number of hydrogen-bond acceptors (Lipinski definition) is 3. The van der Waals surface area contributed by atoms with Crippen molar-refractivity contribution in [3.05, 3.63) is 35.9 Å². The first-order valence-corrected chi connectivity index (χ1v) is 9.55. The number of para-hydroxylation sites is 1. The summed E-state index contributed by atoms with van der Waals surface area (Å²) in [6, 6.07) is 7.36. The fourth-order valence-electron chi connectivity index (χ4n) is 7.72. The molecule has 3 heteroatoms. The highest BCUT2D eigenvalue weighted by Gasteiger charge is 2.76. The summed E-state index contributed by atoms with van der Waals surface area (Å²) in [4.78, 5) is 2.83. The van der Waals surface area contributed by atoms with Gasteiger partial charge in [-0.25, -0.2) is 0 Å². The van der Waals surface area contributed by atoms with Crippen LogP contribution in [0.4, 0.5) is 5.69 Å². The van der Waals surface area contributed by atoms with Crippen LogP contribution < -0.4 is 10.1 Å². The van der Waals surface area contributed by atoms with Gasteiger partial charge in [-0.15, -0.1) is 0 Å². The molecule has 3 spiro atoms. The fraction of sp³-hybridized carbons (Fsp3) is 0.619. The van der Waals surface area contributed by atoms with E-state index in [1.54, 1.807) is 7.11 Å². The molecule has 7 rings (SSSR count). The predicted octanol–water partition coefficient (Wildman–Crippen LogP) is 3.71. The van der Waals surface area contributed by atoms with Crippen LogP contribution in [0.25, 0.3) is 0 Å². The van der Waals surface area contributed by atoms with Gasteiger partial charge in [0.15, 0.2) is 0 Å². The summed E-state index contributed by atoms with van der Waals surface area (Å²) in [6.07, 6.45) is 7.85. The van der Waals surface area contributed by atoms with Crippen LogP contribution in [-0.2, 0) is 5.41 Å². The smallest absolute Gasteiger partial charge is 0.142 e. The van der Waals surface area contributed by atoms with Crippen LogP contribution in [0.2, 0.25) is 0 Å². The molecular formula is C21H26N2O. The second kappa shape index (κ2) is 4.01. The highest BCUT2D eigenvalue weighted by atomic mass is 16.5. The summed E-state index contributed by atoms with van der Waals surface area (Å²) in [5, 5.41) is 4.00. The molecule has 3 saturated carbocycles. The van der Waals surface area contributed by atoms with Gasteiger partial charge in [0.05, 0.1) is 18.3 Å². The number of nitrogens with one attached hydrogen (secondary N) is 1. The van der Waals surface area contributed by atoms with Gasteiger partial charge in [-0.05, 0) is 68.7 Å². The van der Waals surface area contributed by atoms with E-state index in [9.17, 15) is 0 Å². The lowest BCUT2D eigenvalue weighted by atomic mass is 9.41. The average molecular weight is 322 g/mol. The van der Waals surface area contributed by atoms with Crippen molar-refractivity contribution in [2.75, 3.05) is 25.5 Å². The van der Waals surface area contributed by atoms with Gasteiger partial charge in [0, 0.05) is 11.5 Å². The quantitative estimate of drug-likeness (QED) is 0.798. The van der Waals surface area contributed by atoms with E-state index < -0.39 is 0 Å². The van der Waals surface area contributed by atoms with Crippen molar-refractivity contribution in [1.82, 2.24) is 4.90 Å². The Kier molecular flexibility index (Phi) is 2.30. The topological polar surface area (TPSA) is 24.5 Å². The lowest BCUT2D eigenvalue weighted by molar-refractivity contribution is -0.0718. The van der Waals surface area contributed by atoms with Crippen molar-refractivity contribution >= 4 is 5.69 Å². The van der Waals surface area contributed by atoms with Crippen LogP contribution >= 0.6 is 0 Å². The maximum Gasteiger partial charge on any atom is 0.142 e. The number of anilines is 1. The average Bonchev–Trinajstić information content (AvgIpc) is 3.14. The molecular weight excluding hydrogens is 296 g/mol. The van der Waals surface area contributed by atoms with Gasteiger partial charge in [0.1, 0.15) is 5.75 Å². The van der Waals surface area contributed by atoms with Crippen molar-refractivity contribution in [3.8, 4) is 5.75 Å². The van der Waals surface area contributed by atoms with Gasteiger partial charge in [0.2, 0.25) is 0 Å². The molecule has 3 heterocycles. The number of nitrogens with zero attached hydrogens (tertiary/aromatic N) is 1. The van der Waals surface area contributed by atoms with E-state index >= 15 is 0 Å². The first kappa shape index (κ1) is 13.8. The summed E-state index contributed by atoms with van der Waals surface area (Å²) in [6.45, 7) is 7.18. The molecule has 3 aliphatic carbocycles. The van der Waals surface area contributed by atoms with Crippen molar-refractivity contribution < 1.29 is 4.74 Å². The minimum absolute atomic E-state index is 0.0580. The second-order valence-electron chi connectivity index (χ2n) is 8.82.